The highest BCUT2D eigenvalue weighted by molar-refractivity contribution is 7.71. The Morgan fingerprint density at radius 3 is 2.87 bits per heavy atom. The summed E-state index contributed by atoms with van der Waals surface area (Å²) in [5.41, 5.74) is 0.779. The standard InChI is InChI=1S/C15H14N4O3S/c1-20-11-6-5-10(13(8-11)21-2)9-16-19-14(17-18-15(19)23)12-4-3-7-22-12/h3-9H,1-2H3,(H,18,23). The van der Waals surface area contributed by atoms with Crippen LogP contribution in [0.5, 0.6) is 11.5 Å². The molecule has 0 spiro atoms. The second-order valence-electron chi connectivity index (χ2n) is 4.49. The van der Waals surface area contributed by atoms with Crippen LogP contribution in [0.4, 0.5) is 0 Å². The minimum Gasteiger partial charge on any atom is -0.497 e. The maximum Gasteiger partial charge on any atom is 0.219 e. The van der Waals surface area contributed by atoms with Crippen molar-refractivity contribution in [3.8, 4) is 23.1 Å². The molecule has 3 aromatic rings. The van der Waals surface area contributed by atoms with Crippen LogP contribution in [0.1, 0.15) is 5.56 Å². The summed E-state index contributed by atoms with van der Waals surface area (Å²) < 4.78 is 17.7. The molecule has 3 rings (SSSR count). The van der Waals surface area contributed by atoms with Gasteiger partial charge in [-0.3, -0.25) is 0 Å². The average Bonchev–Trinajstić information content (AvgIpc) is 3.22. The van der Waals surface area contributed by atoms with E-state index in [2.05, 4.69) is 15.3 Å². The highest BCUT2D eigenvalue weighted by Crippen LogP contribution is 2.23. The zero-order valence-electron chi connectivity index (χ0n) is 12.5. The molecule has 0 saturated carbocycles. The topological polar surface area (TPSA) is 77.6 Å². The lowest BCUT2D eigenvalue weighted by Gasteiger charge is -2.06. The number of H-pyrrole nitrogens is 1. The summed E-state index contributed by atoms with van der Waals surface area (Å²) in [5.74, 6) is 2.40. The summed E-state index contributed by atoms with van der Waals surface area (Å²) in [4.78, 5) is 0. The van der Waals surface area contributed by atoms with Gasteiger partial charge in [0.25, 0.3) is 0 Å². The molecule has 0 saturated heterocycles. The van der Waals surface area contributed by atoms with Gasteiger partial charge < -0.3 is 13.9 Å². The highest BCUT2D eigenvalue weighted by Gasteiger charge is 2.10. The minimum atomic E-state index is 0.361. The largest absolute Gasteiger partial charge is 0.497 e. The van der Waals surface area contributed by atoms with E-state index < -0.39 is 0 Å². The van der Waals surface area contributed by atoms with Crippen molar-refractivity contribution in [2.24, 2.45) is 5.10 Å². The lowest BCUT2D eigenvalue weighted by molar-refractivity contribution is 0.394. The highest BCUT2D eigenvalue weighted by atomic mass is 32.1. The lowest BCUT2D eigenvalue weighted by atomic mass is 10.2. The van der Waals surface area contributed by atoms with E-state index >= 15 is 0 Å². The van der Waals surface area contributed by atoms with E-state index in [1.54, 1.807) is 44.9 Å². The molecule has 0 aliphatic rings. The summed E-state index contributed by atoms with van der Waals surface area (Å²) in [5, 5.41) is 11.2. The van der Waals surface area contributed by atoms with Gasteiger partial charge in [-0.2, -0.15) is 9.78 Å². The average molecular weight is 330 g/mol. The van der Waals surface area contributed by atoms with E-state index in [4.69, 9.17) is 26.1 Å². The van der Waals surface area contributed by atoms with Crippen LogP contribution in [0.3, 0.4) is 0 Å². The Kier molecular flexibility index (Phi) is 4.24. The Morgan fingerprint density at radius 1 is 1.30 bits per heavy atom. The lowest BCUT2D eigenvalue weighted by Crippen LogP contribution is -1.96. The first-order valence-corrected chi connectivity index (χ1v) is 7.11. The third kappa shape index (κ3) is 3.02. The van der Waals surface area contributed by atoms with Gasteiger partial charge in [-0.05, 0) is 36.5 Å². The number of nitrogens with zero attached hydrogens (tertiary/aromatic N) is 3. The number of hydrogen-bond acceptors (Lipinski definition) is 6. The van der Waals surface area contributed by atoms with Gasteiger partial charge in [-0.1, -0.05) is 0 Å². The molecule has 0 bridgehead atoms. The molecular formula is C15H14N4O3S. The summed E-state index contributed by atoms with van der Waals surface area (Å²) in [7, 11) is 3.19. The molecule has 1 N–H and O–H groups in total. The molecule has 2 heterocycles. The van der Waals surface area contributed by atoms with Gasteiger partial charge in [0.05, 0.1) is 26.7 Å². The molecular weight excluding hydrogens is 316 g/mol. The SMILES string of the molecule is COc1ccc(C=Nn2c(-c3ccco3)n[nH]c2=S)c(OC)c1. The molecule has 7 nitrogen and oxygen atoms in total. The fraction of sp³-hybridized carbons (Fsp3) is 0.133. The summed E-state index contributed by atoms with van der Waals surface area (Å²) in [6, 6.07) is 9.01. The number of aromatic amines is 1. The van der Waals surface area contributed by atoms with E-state index in [1.807, 2.05) is 12.1 Å². The van der Waals surface area contributed by atoms with Crippen LogP contribution in [-0.2, 0) is 0 Å². The summed E-state index contributed by atoms with van der Waals surface area (Å²) in [6.45, 7) is 0. The van der Waals surface area contributed by atoms with Crippen LogP contribution in [-0.4, -0.2) is 35.3 Å². The second kappa shape index (κ2) is 6.49. The first-order chi connectivity index (χ1) is 11.2. The number of hydrogen-bond donors (Lipinski definition) is 1. The smallest absolute Gasteiger partial charge is 0.219 e. The van der Waals surface area contributed by atoms with Crippen molar-refractivity contribution in [2.75, 3.05) is 14.2 Å². The predicted octanol–water partition coefficient (Wildman–Crippen LogP) is 3.10. The maximum atomic E-state index is 5.34. The molecule has 1 aromatic carbocycles. The van der Waals surface area contributed by atoms with Gasteiger partial charge in [0.15, 0.2) is 5.76 Å². The zero-order chi connectivity index (χ0) is 16.2. The molecule has 118 valence electrons. The van der Waals surface area contributed by atoms with Gasteiger partial charge >= 0.3 is 0 Å². The Bertz CT molecular complexity index is 881. The fourth-order valence-corrected chi connectivity index (χ4v) is 2.19. The number of ether oxygens (including phenoxy) is 2. The number of aromatic nitrogens is 3. The predicted molar refractivity (Wildman–Crippen MR) is 87.7 cm³/mol. The fourth-order valence-electron chi connectivity index (χ4n) is 2.01. The van der Waals surface area contributed by atoms with Crippen LogP contribution in [0.2, 0.25) is 0 Å². The van der Waals surface area contributed by atoms with Gasteiger partial charge in [0.2, 0.25) is 10.6 Å². The van der Waals surface area contributed by atoms with Gasteiger partial charge in [-0.25, -0.2) is 5.10 Å². The Morgan fingerprint density at radius 2 is 2.17 bits per heavy atom. The first kappa shape index (κ1) is 15.0. The quantitative estimate of drug-likeness (QED) is 0.574. The van der Waals surface area contributed by atoms with Gasteiger partial charge in [-0.15, -0.1) is 5.10 Å². The molecule has 23 heavy (non-hydrogen) atoms. The van der Waals surface area contributed by atoms with Crippen LogP contribution in [0.25, 0.3) is 11.6 Å². The van der Waals surface area contributed by atoms with Crippen molar-refractivity contribution in [1.82, 2.24) is 14.9 Å². The van der Waals surface area contributed by atoms with Crippen molar-refractivity contribution < 1.29 is 13.9 Å². The van der Waals surface area contributed by atoms with E-state index in [0.29, 0.717) is 27.9 Å². The van der Waals surface area contributed by atoms with Crippen molar-refractivity contribution in [1.29, 1.82) is 0 Å². The van der Waals surface area contributed by atoms with E-state index in [1.165, 1.54) is 4.68 Å². The van der Waals surface area contributed by atoms with Crippen molar-refractivity contribution in [2.45, 2.75) is 0 Å². The first-order valence-electron chi connectivity index (χ1n) is 6.70. The third-order valence-electron chi connectivity index (χ3n) is 3.14. The van der Waals surface area contributed by atoms with Gasteiger partial charge in [0.1, 0.15) is 11.5 Å². The van der Waals surface area contributed by atoms with Crippen molar-refractivity contribution >= 4 is 18.4 Å². The number of methoxy groups -OCH3 is 2. The molecule has 8 heteroatoms. The molecule has 0 unspecified atom stereocenters. The third-order valence-corrected chi connectivity index (χ3v) is 3.41. The minimum absolute atomic E-state index is 0.361. The summed E-state index contributed by atoms with van der Waals surface area (Å²) in [6.07, 6.45) is 3.20. The van der Waals surface area contributed by atoms with Crippen LogP contribution < -0.4 is 9.47 Å². The van der Waals surface area contributed by atoms with E-state index in [-0.39, 0.29) is 0 Å². The number of nitrogens with one attached hydrogen (secondary N) is 1. The maximum absolute atomic E-state index is 5.34. The molecule has 0 aliphatic carbocycles. The molecule has 0 fully saturated rings. The van der Waals surface area contributed by atoms with Crippen molar-refractivity contribution in [3.05, 3.63) is 46.9 Å². The van der Waals surface area contributed by atoms with Crippen molar-refractivity contribution in [3.63, 3.8) is 0 Å². The Labute approximate surface area is 137 Å². The number of rotatable bonds is 5. The Balaban J connectivity index is 1.98. The zero-order valence-corrected chi connectivity index (χ0v) is 13.3. The Hall–Kier alpha value is -2.87. The number of furan rings is 1. The van der Waals surface area contributed by atoms with Crippen LogP contribution >= 0.6 is 12.2 Å². The van der Waals surface area contributed by atoms with E-state index in [9.17, 15) is 0 Å². The monoisotopic (exact) mass is 330 g/mol. The van der Waals surface area contributed by atoms with Crippen LogP contribution in [0.15, 0.2) is 46.1 Å². The summed E-state index contributed by atoms with van der Waals surface area (Å²) >= 11 is 5.20. The molecule has 0 amide bonds. The normalized spacial score (nSPS) is 11.0. The second-order valence-corrected chi connectivity index (χ2v) is 4.88. The molecule has 0 radical (unpaired) electrons. The van der Waals surface area contributed by atoms with Gasteiger partial charge in [0, 0.05) is 11.6 Å². The molecule has 0 atom stereocenters. The van der Waals surface area contributed by atoms with Crippen LogP contribution in [0, 0.1) is 4.77 Å². The molecule has 2 aromatic heterocycles. The number of benzene rings is 1. The van der Waals surface area contributed by atoms with E-state index in [0.717, 1.165) is 5.56 Å². The molecule has 0 aliphatic heterocycles.